The lowest BCUT2D eigenvalue weighted by atomic mass is 10.2. The zero-order chi connectivity index (χ0) is 25.4. The van der Waals surface area contributed by atoms with Crippen LogP contribution in [-0.2, 0) is 25.5 Å². The van der Waals surface area contributed by atoms with Gasteiger partial charge in [-0.15, -0.1) is 11.3 Å². The molecule has 1 N–H and O–H groups in total. The zero-order valence-electron chi connectivity index (χ0n) is 20.5. The molecular weight excluding hydrogens is 472 g/mol. The SMILES string of the molecule is COCCN(CC(=O)Nc1nc(CC(=O)N2CC(C)OC(C)C2)cs1)C(=O)c1ccc(OC)cc1. The highest BCUT2D eigenvalue weighted by atomic mass is 32.1. The van der Waals surface area contributed by atoms with Crippen molar-refractivity contribution in [1.29, 1.82) is 0 Å². The Bertz CT molecular complexity index is 1000. The number of methoxy groups -OCH3 is 2. The van der Waals surface area contributed by atoms with Gasteiger partial charge < -0.3 is 29.3 Å². The van der Waals surface area contributed by atoms with Crippen LogP contribution in [0.15, 0.2) is 29.6 Å². The Hall–Kier alpha value is -3.02. The second-order valence-electron chi connectivity index (χ2n) is 8.37. The largest absolute Gasteiger partial charge is 0.497 e. The van der Waals surface area contributed by atoms with Crippen LogP contribution in [0.5, 0.6) is 5.75 Å². The summed E-state index contributed by atoms with van der Waals surface area (Å²) in [6.45, 7) is 5.38. The van der Waals surface area contributed by atoms with Gasteiger partial charge in [0.1, 0.15) is 12.3 Å². The Morgan fingerprint density at radius 1 is 1.17 bits per heavy atom. The second-order valence-corrected chi connectivity index (χ2v) is 9.23. The number of carbonyl (C=O) groups excluding carboxylic acids is 3. The molecule has 1 aromatic heterocycles. The van der Waals surface area contributed by atoms with Crippen LogP contribution in [0.1, 0.15) is 29.9 Å². The van der Waals surface area contributed by atoms with Crippen molar-refractivity contribution >= 4 is 34.2 Å². The highest BCUT2D eigenvalue weighted by Gasteiger charge is 2.26. The predicted octanol–water partition coefficient (Wildman–Crippen LogP) is 2.06. The van der Waals surface area contributed by atoms with E-state index in [1.165, 1.54) is 23.3 Å². The van der Waals surface area contributed by atoms with Gasteiger partial charge in [0, 0.05) is 37.7 Å². The Morgan fingerprint density at radius 2 is 1.86 bits per heavy atom. The van der Waals surface area contributed by atoms with Crippen molar-refractivity contribution in [2.45, 2.75) is 32.5 Å². The summed E-state index contributed by atoms with van der Waals surface area (Å²) < 4.78 is 15.9. The van der Waals surface area contributed by atoms with Crippen molar-refractivity contribution in [3.8, 4) is 5.75 Å². The highest BCUT2D eigenvalue weighted by molar-refractivity contribution is 7.13. The summed E-state index contributed by atoms with van der Waals surface area (Å²) in [7, 11) is 3.09. The van der Waals surface area contributed by atoms with Gasteiger partial charge in [-0.3, -0.25) is 14.4 Å². The monoisotopic (exact) mass is 504 g/mol. The number of benzene rings is 1. The van der Waals surface area contributed by atoms with Crippen molar-refractivity contribution in [1.82, 2.24) is 14.8 Å². The number of rotatable bonds is 10. The molecule has 0 aliphatic carbocycles. The lowest BCUT2D eigenvalue weighted by molar-refractivity contribution is -0.142. The molecule has 11 heteroatoms. The summed E-state index contributed by atoms with van der Waals surface area (Å²) >= 11 is 1.24. The predicted molar refractivity (Wildman–Crippen MR) is 132 cm³/mol. The Labute approximate surface area is 209 Å². The molecule has 1 saturated heterocycles. The van der Waals surface area contributed by atoms with Crippen LogP contribution in [-0.4, -0.2) is 91.7 Å². The van der Waals surface area contributed by atoms with Crippen molar-refractivity contribution in [2.24, 2.45) is 0 Å². The van der Waals surface area contributed by atoms with Crippen LogP contribution in [0.2, 0.25) is 0 Å². The fourth-order valence-electron chi connectivity index (χ4n) is 3.80. The molecule has 1 fully saturated rings. The van der Waals surface area contributed by atoms with E-state index in [1.54, 1.807) is 41.7 Å². The maximum Gasteiger partial charge on any atom is 0.254 e. The number of ether oxygens (including phenoxy) is 3. The number of amides is 3. The van der Waals surface area contributed by atoms with Gasteiger partial charge in [0.05, 0.1) is 38.0 Å². The third kappa shape index (κ3) is 7.74. The number of morpholine rings is 1. The van der Waals surface area contributed by atoms with E-state index in [-0.39, 0.29) is 56.0 Å². The van der Waals surface area contributed by atoms with Gasteiger partial charge in [0.2, 0.25) is 11.8 Å². The van der Waals surface area contributed by atoms with E-state index in [0.29, 0.717) is 35.2 Å². The quantitative estimate of drug-likeness (QED) is 0.527. The summed E-state index contributed by atoms with van der Waals surface area (Å²) in [5.74, 6) is -0.0605. The number of hydrogen-bond acceptors (Lipinski definition) is 8. The molecule has 190 valence electrons. The van der Waals surface area contributed by atoms with Gasteiger partial charge in [0.25, 0.3) is 5.91 Å². The molecule has 0 spiro atoms. The summed E-state index contributed by atoms with van der Waals surface area (Å²) in [5, 5.41) is 4.87. The van der Waals surface area contributed by atoms with E-state index < -0.39 is 0 Å². The normalized spacial score (nSPS) is 17.7. The number of nitrogens with one attached hydrogen (secondary N) is 1. The Kier molecular flexibility index (Phi) is 9.58. The molecule has 2 heterocycles. The van der Waals surface area contributed by atoms with Crippen LogP contribution >= 0.6 is 11.3 Å². The fourth-order valence-corrected chi connectivity index (χ4v) is 4.52. The van der Waals surface area contributed by atoms with E-state index in [0.717, 1.165) is 0 Å². The van der Waals surface area contributed by atoms with E-state index >= 15 is 0 Å². The summed E-state index contributed by atoms with van der Waals surface area (Å²) in [5.41, 5.74) is 1.03. The van der Waals surface area contributed by atoms with Gasteiger partial charge in [0.15, 0.2) is 5.13 Å². The first-order valence-corrected chi connectivity index (χ1v) is 12.3. The molecule has 1 aromatic carbocycles. The molecule has 2 atom stereocenters. The van der Waals surface area contributed by atoms with Crippen LogP contribution in [0, 0.1) is 0 Å². The van der Waals surface area contributed by atoms with Gasteiger partial charge >= 0.3 is 0 Å². The molecule has 10 nitrogen and oxygen atoms in total. The molecule has 0 bridgehead atoms. The first kappa shape index (κ1) is 26.6. The zero-order valence-corrected chi connectivity index (χ0v) is 21.3. The Morgan fingerprint density at radius 3 is 2.49 bits per heavy atom. The van der Waals surface area contributed by atoms with Gasteiger partial charge in [-0.2, -0.15) is 0 Å². The molecule has 3 amide bonds. The molecule has 0 saturated carbocycles. The molecule has 1 aliphatic rings. The van der Waals surface area contributed by atoms with Gasteiger partial charge in [-0.25, -0.2) is 4.98 Å². The maximum atomic E-state index is 12.9. The first-order chi connectivity index (χ1) is 16.8. The Balaban J connectivity index is 1.57. The number of thiazole rings is 1. The minimum atomic E-state index is -0.383. The maximum absolute atomic E-state index is 12.9. The molecular formula is C24H32N4O6S. The van der Waals surface area contributed by atoms with Crippen LogP contribution in [0.3, 0.4) is 0 Å². The second kappa shape index (κ2) is 12.6. The van der Waals surface area contributed by atoms with Crippen molar-refractivity contribution in [2.75, 3.05) is 52.3 Å². The van der Waals surface area contributed by atoms with Crippen molar-refractivity contribution in [3.05, 3.63) is 40.9 Å². The summed E-state index contributed by atoms with van der Waals surface area (Å²) in [4.78, 5) is 45.9. The van der Waals surface area contributed by atoms with E-state index in [9.17, 15) is 14.4 Å². The van der Waals surface area contributed by atoms with Gasteiger partial charge in [-0.05, 0) is 38.1 Å². The summed E-state index contributed by atoms with van der Waals surface area (Å²) in [6, 6.07) is 6.69. The number of nitrogens with zero attached hydrogens (tertiary/aromatic N) is 3. The smallest absolute Gasteiger partial charge is 0.254 e. The number of carbonyl (C=O) groups is 3. The highest BCUT2D eigenvalue weighted by Crippen LogP contribution is 2.18. The van der Waals surface area contributed by atoms with Crippen LogP contribution < -0.4 is 10.1 Å². The lowest BCUT2D eigenvalue weighted by Gasteiger charge is -2.35. The number of anilines is 1. The molecule has 2 unspecified atom stereocenters. The standard InChI is InChI=1S/C24H32N4O6S/c1-16-12-28(13-17(2)34-16)22(30)11-19-15-35-24(25-19)26-21(29)14-27(9-10-32-3)23(31)18-5-7-20(33-4)8-6-18/h5-8,15-17H,9-14H2,1-4H3,(H,25,26,29). The van der Waals surface area contributed by atoms with Gasteiger partial charge in [-0.1, -0.05) is 0 Å². The average molecular weight is 505 g/mol. The fraction of sp³-hybridized carbons (Fsp3) is 0.500. The van der Waals surface area contributed by atoms with E-state index in [1.807, 2.05) is 13.8 Å². The van der Waals surface area contributed by atoms with Crippen LogP contribution in [0.4, 0.5) is 5.13 Å². The first-order valence-electron chi connectivity index (χ1n) is 11.4. The molecule has 1 aliphatic heterocycles. The van der Waals surface area contributed by atoms with Crippen LogP contribution in [0.25, 0.3) is 0 Å². The molecule has 2 aromatic rings. The minimum Gasteiger partial charge on any atom is -0.497 e. The number of hydrogen-bond donors (Lipinski definition) is 1. The molecule has 35 heavy (non-hydrogen) atoms. The minimum absolute atomic E-state index is 0.00494. The van der Waals surface area contributed by atoms with Crippen molar-refractivity contribution < 1.29 is 28.6 Å². The van der Waals surface area contributed by atoms with Crippen molar-refractivity contribution in [3.63, 3.8) is 0 Å². The van der Waals surface area contributed by atoms with E-state index in [4.69, 9.17) is 14.2 Å². The average Bonchev–Trinajstić information content (AvgIpc) is 3.27. The third-order valence-electron chi connectivity index (χ3n) is 5.43. The number of aromatic nitrogens is 1. The molecule has 3 rings (SSSR count). The van der Waals surface area contributed by atoms with E-state index in [2.05, 4.69) is 10.3 Å². The lowest BCUT2D eigenvalue weighted by Crippen LogP contribution is -2.48. The third-order valence-corrected chi connectivity index (χ3v) is 6.23. The topological polar surface area (TPSA) is 110 Å². The molecule has 0 radical (unpaired) electrons. The summed E-state index contributed by atoms with van der Waals surface area (Å²) in [6.07, 6.45) is 0.145.